The van der Waals surface area contributed by atoms with Crippen molar-refractivity contribution in [3.8, 4) is 0 Å². The van der Waals surface area contributed by atoms with Crippen molar-refractivity contribution in [2.75, 3.05) is 6.54 Å². The van der Waals surface area contributed by atoms with E-state index in [9.17, 15) is 23.4 Å². The fourth-order valence-corrected chi connectivity index (χ4v) is 4.72. The van der Waals surface area contributed by atoms with Gasteiger partial charge in [-0.3, -0.25) is 0 Å². The number of nitrogens with zero attached hydrogens (tertiary/aromatic N) is 1. The fraction of sp³-hybridized carbons (Fsp3) is 0.462. The molecule has 1 aliphatic rings. The van der Waals surface area contributed by atoms with Gasteiger partial charge >= 0.3 is 16.1 Å². The van der Waals surface area contributed by atoms with Crippen molar-refractivity contribution in [2.45, 2.75) is 37.3 Å². The quantitative estimate of drug-likeness (QED) is 0.804. The number of benzene rings is 1. The van der Waals surface area contributed by atoms with E-state index in [1.165, 1.54) is 19.1 Å². The van der Waals surface area contributed by atoms with Crippen LogP contribution in [-0.2, 0) is 10.0 Å². The second kappa shape index (κ2) is 4.83. The number of aliphatic hydroxyl groups excluding tert-OH is 1. The van der Waals surface area contributed by atoms with Crippen LogP contribution < -0.4 is 0 Å². The number of sulfonamides is 1. The molecule has 0 aliphatic carbocycles. The van der Waals surface area contributed by atoms with Crippen LogP contribution in [0.15, 0.2) is 29.2 Å². The van der Waals surface area contributed by atoms with Gasteiger partial charge in [-0.15, -0.1) is 3.89 Å². The van der Waals surface area contributed by atoms with Crippen molar-refractivity contribution >= 4 is 16.1 Å². The Bertz CT molecular complexity index is 625. The molecule has 3 atom stereocenters. The predicted molar refractivity (Wildman–Crippen MR) is 71.6 cm³/mol. The molecule has 20 heavy (non-hydrogen) atoms. The van der Waals surface area contributed by atoms with Crippen LogP contribution in [0.5, 0.6) is 0 Å². The second-order valence-corrected chi connectivity index (χ2v) is 7.36. The minimum absolute atomic E-state index is 0.0357. The standard InChI is InChI=1S/C13H17NO5S/c1-9-3-5-12(6-4-9)20(18,19)14(13(16)17)8-11(15)7-10(14)2/h3-6,10-11,15H,7-8H2,1-2H3/p+1/t10-,11?,14?/m1/s1. The summed E-state index contributed by atoms with van der Waals surface area (Å²) in [5.41, 5.74) is 0.889. The van der Waals surface area contributed by atoms with E-state index in [4.69, 9.17) is 0 Å². The molecular formula is C13H18NO5S+. The number of aryl methyl sites for hydroxylation is 1. The molecular weight excluding hydrogens is 282 g/mol. The van der Waals surface area contributed by atoms with Crippen molar-refractivity contribution in [2.24, 2.45) is 0 Å². The average molecular weight is 300 g/mol. The molecule has 7 heteroatoms. The molecule has 0 radical (unpaired) electrons. The molecule has 0 aromatic heterocycles. The zero-order valence-corrected chi connectivity index (χ0v) is 12.2. The minimum atomic E-state index is -4.12. The van der Waals surface area contributed by atoms with Gasteiger partial charge in [-0.1, -0.05) is 17.7 Å². The molecule has 110 valence electrons. The number of hydrogen-bond acceptors (Lipinski definition) is 4. The van der Waals surface area contributed by atoms with Crippen molar-refractivity contribution in [1.82, 2.24) is 0 Å². The highest BCUT2D eigenvalue weighted by atomic mass is 32.2. The Balaban J connectivity index is 2.60. The molecule has 1 aliphatic heterocycles. The number of hydrogen-bond donors (Lipinski definition) is 2. The molecule has 1 heterocycles. The zero-order valence-electron chi connectivity index (χ0n) is 11.4. The Morgan fingerprint density at radius 1 is 1.30 bits per heavy atom. The van der Waals surface area contributed by atoms with E-state index in [-0.39, 0.29) is 17.9 Å². The first kappa shape index (κ1) is 15.0. The summed E-state index contributed by atoms with van der Waals surface area (Å²) in [5.74, 6) is 0. The lowest BCUT2D eigenvalue weighted by Gasteiger charge is -2.30. The number of quaternary nitrogens is 1. The highest BCUT2D eigenvalue weighted by molar-refractivity contribution is 7.86. The van der Waals surface area contributed by atoms with E-state index in [0.717, 1.165) is 5.56 Å². The van der Waals surface area contributed by atoms with E-state index in [1.807, 2.05) is 6.92 Å². The number of aliphatic hydroxyl groups is 1. The first-order valence-electron chi connectivity index (χ1n) is 6.33. The minimum Gasteiger partial charge on any atom is -0.435 e. The summed E-state index contributed by atoms with van der Waals surface area (Å²) in [6.45, 7) is 3.03. The lowest BCUT2D eigenvalue weighted by Crippen LogP contribution is -2.58. The predicted octanol–water partition coefficient (Wildman–Crippen LogP) is 1.33. The van der Waals surface area contributed by atoms with Gasteiger partial charge in [0, 0.05) is 6.42 Å². The van der Waals surface area contributed by atoms with E-state index >= 15 is 0 Å². The van der Waals surface area contributed by atoms with Crippen molar-refractivity contribution in [3.63, 3.8) is 0 Å². The Morgan fingerprint density at radius 2 is 1.85 bits per heavy atom. The first-order valence-corrected chi connectivity index (χ1v) is 7.77. The number of rotatable bonds is 2. The summed E-state index contributed by atoms with van der Waals surface area (Å²) >= 11 is 0. The van der Waals surface area contributed by atoms with Crippen molar-refractivity contribution in [1.29, 1.82) is 0 Å². The molecule has 2 N–H and O–H groups in total. The van der Waals surface area contributed by atoms with Gasteiger partial charge in [-0.2, -0.15) is 13.2 Å². The lowest BCUT2D eigenvalue weighted by atomic mass is 10.2. The third kappa shape index (κ3) is 2.02. The zero-order chi connectivity index (χ0) is 15.1. The van der Waals surface area contributed by atoms with Gasteiger partial charge in [0.2, 0.25) is 0 Å². The molecule has 2 rings (SSSR count). The molecule has 1 aromatic carbocycles. The SMILES string of the molecule is Cc1ccc(S(=O)(=O)[N+]2(C(=O)O)CC(O)C[C@H]2C)cc1. The van der Waals surface area contributed by atoms with Gasteiger partial charge in [-0.25, -0.2) is 0 Å². The average Bonchev–Trinajstić information content (AvgIpc) is 2.66. The number of likely N-dealkylation sites (tertiary alicyclic amines) is 1. The fourth-order valence-electron chi connectivity index (χ4n) is 2.73. The highest BCUT2D eigenvalue weighted by Crippen LogP contribution is 2.35. The van der Waals surface area contributed by atoms with E-state index in [2.05, 4.69) is 0 Å². The highest BCUT2D eigenvalue weighted by Gasteiger charge is 2.60. The molecule has 0 spiro atoms. The van der Waals surface area contributed by atoms with E-state index < -0.39 is 32.2 Å². The van der Waals surface area contributed by atoms with Crippen LogP contribution in [0, 0.1) is 6.92 Å². The van der Waals surface area contributed by atoms with Gasteiger partial charge < -0.3 is 10.2 Å². The molecule has 0 bridgehead atoms. The van der Waals surface area contributed by atoms with Gasteiger partial charge in [0.1, 0.15) is 23.6 Å². The van der Waals surface area contributed by atoms with Crippen LogP contribution in [0.1, 0.15) is 18.9 Å². The van der Waals surface area contributed by atoms with Gasteiger partial charge in [0.15, 0.2) is 0 Å². The summed E-state index contributed by atoms with van der Waals surface area (Å²) in [6, 6.07) is 5.37. The maximum Gasteiger partial charge on any atom is 0.529 e. The molecule has 1 saturated heterocycles. The normalized spacial score (nSPS) is 30.4. The maximum absolute atomic E-state index is 12.7. The summed E-state index contributed by atoms with van der Waals surface area (Å²) < 4.78 is 24.3. The van der Waals surface area contributed by atoms with Crippen LogP contribution >= 0.6 is 0 Å². The van der Waals surface area contributed by atoms with Crippen LogP contribution in [-0.4, -0.2) is 47.3 Å². The Kier molecular flexibility index (Phi) is 3.62. The third-order valence-electron chi connectivity index (χ3n) is 3.88. The number of carbonyl (C=O) groups is 1. The molecule has 1 aromatic rings. The Labute approximate surface area is 117 Å². The van der Waals surface area contributed by atoms with Gasteiger partial charge in [0.05, 0.1) is 0 Å². The first-order chi connectivity index (χ1) is 9.21. The Hall–Kier alpha value is -1.44. The number of carboxylic acid groups (broad SMARTS) is 1. The summed E-state index contributed by atoms with van der Waals surface area (Å²) in [5, 5.41) is 19.2. The maximum atomic E-state index is 12.7. The van der Waals surface area contributed by atoms with Crippen LogP contribution in [0.4, 0.5) is 4.79 Å². The molecule has 6 nitrogen and oxygen atoms in total. The van der Waals surface area contributed by atoms with Crippen molar-refractivity contribution in [3.05, 3.63) is 29.8 Å². The molecule has 1 amide bonds. The summed E-state index contributed by atoms with van der Waals surface area (Å²) in [4.78, 5) is 11.6. The topological polar surface area (TPSA) is 91.7 Å². The molecule has 1 fully saturated rings. The van der Waals surface area contributed by atoms with E-state index in [0.29, 0.717) is 0 Å². The summed E-state index contributed by atoms with van der Waals surface area (Å²) in [6.07, 6.45) is -2.23. The third-order valence-corrected chi connectivity index (χ3v) is 6.27. The lowest BCUT2D eigenvalue weighted by molar-refractivity contribution is -0.743. The monoisotopic (exact) mass is 300 g/mol. The van der Waals surface area contributed by atoms with Crippen molar-refractivity contribution < 1.29 is 27.3 Å². The smallest absolute Gasteiger partial charge is 0.435 e. The Morgan fingerprint density at radius 3 is 2.25 bits per heavy atom. The summed E-state index contributed by atoms with van der Waals surface area (Å²) in [7, 11) is -4.12. The largest absolute Gasteiger partial charge is 0.529 e. The molecule has 0 saturated carbocycles. The van der Waals surface area contributed by atoms with Gasteiger partial charge in [-0.05, 0) is 26.0 Å². The van der Waals surface area contributed by atoms with Gasteiger partial charge in [0.25, 0.3) is 0 Å². The van der Waals surface area contributed by atoms with Crippen LogP contribution in [0.3, 0.4) is 0 Å². The van der Waals surface area contributed by atoms with Crippen LogP contribution in [0.2, 0.25) is 0 Å². The second-order valence-electron chi connectivity index (χ2n) is 5.29. The van der Waals surface area contributed by atoms with E-state index in [1.54, 1.807) is 12.1 Å². The van der Waals surface area contributed by atoms with Crippen LogP contribution in [0.25, 0.3) is 0 Å². The molecule has 2 unspecified atom stereocenters. The number of amides is 1.